The number of carbonyl (C=O) groups is 1. The summed E-state index contributed by atoms with van der Waals surface area (Å²) in [7, 11) is 0. The Morgan fingerprint density at radius 2 is 2.19 bits per heavy atom. The molecule has 0 aliphatic carbocycles. The van der Waals surface area contributed by atoms with Gasteiger partial charge in [-0.1, -0.05) is 26.0 Å². The first-order chi connectivity index (χ1) is 7.63. The second kappa shape index (κ2) is 6.28. The molecule has 1 aromatic rings. The summed E-state index contributed by atoms with van der Waals surface area (Å²) in [6.45, 7) is 7.58. The van der Waals surface area contributed by atoms with Crippen LogP contribution in [0, 0.1) is 12.8 Å². The highest BCUT2D eigenvalue weighted by atomic mass is 16.1. The zero-order chi connectivity index (χ0) is 12.0. The Hall–Kier alpha value is -1.35. The lowest BCUT2D eigenvalue weighted by Gasteiger charge is -2.12. The molecular formula is C13H20N2O. The molecule has 1 unspecified atom stereocenters. The van der Waals surface area contributed by atoms with Crippen LogP contribution in [0.3, 0.4) is 0 Å². The van der Waals surface area contributed by atoms with Gasteiger partial charge in [0.2, 0.25) is 5.91 Å². The quantitative estimate of drug-likeness (QED) is 0.798. The van der Waals surface area contributed by atoms with Crippen LogP contribution in [0.1, 0.15) is 19.4 Å². The highest BCUT2D eigenvalue weighted by Gasteiger charge is 2.11. The van der Waals surface area contributed by atoms with Crippen molar-refractivity contribution in [2.75, 3.05) is 18.4 Å². The smallest absolute Gasteiger partial charge is 0.228 e. The molecular weight excluding hydrogens is 200 g/mol. The van der Waals surface area contributed by atoms with Crippen molar-refractivity contribution >= 4 is 11.6 Å². The van der Waals surface area contributed by atoms with Crippen LogP contribution in [-0.2, 0) is 4.79 Å². The Bertz CT molecular complexity index is 350. The van der Waals surface area contributed by atoms with Crippen molar-refractivity contribution in [3.05, 3.63) is 29.8 Å². The SMILES string of the molecule is CCNCC(C)C(=O)Nc1cccc(C)c1. The summed E-state index contributed by atoms with van der Waals surface area (Å²) in [6, 6.07) is 7.83. The third kappa shape index (κ3) is 4.03. The molecule has 0 aliphatic rings. The van der Waals surface area contributed by atoms with Gasteiger partial charge in [-0.3, -0.25) is 4.79 Å². The van der Waals surface area contributed by atoms with Crippen LogP contribution in [0.4, 0.5) is 5.69 Å². The van der Waals surface area contributed by atoms with Crippen molar-refractivity contribution in [2.24, 2.45) is 5.92 Å². The lowest BCUT2D eigenvalue weighted by atomic mass is 10.1. The van der Waals surface area contributed by atoms with Crippen LogP contribution >= 0.6 is 0 Å². The maximum absolute atomic E-state index is 11.8. The van der Waals surface area contributed by atoms with Gasteiger partial charge in [-0.2, -0.15) is 0 Å². The molecule has 88 valence electrons. The fraction of sp³-hybridized carbons (Fsp3) is 0.462. The number of rotatable bonds is 5. The summed E-state index contributed by atoms with van der Waals surface area (Å²) in [5, 5.41) is 6.08. The van der Waals surface area contributed by atoms with E-state index in [2.05, 4.69) is 10.6 Å². The minimum atomic E-state index is -0.0135. The van der Waals surface area contributed by atoms with E-state index in [0.717, 1.165) is 17.8 Å². The third-order valence-electron chi connectivity index (χ3n) is 2.43. The second-order valence-corrected chi connectivity index (χ2v) is 4.07. The molecule has 0 saturated heterocycles. The van der Waals surface area contributed by atoms with Crippen LogP contribution in [0.25, 0.3) is 0 Å². The highest BCUT2D eigenvalue weighted by Crippen LogP contribution is 2.10. The van der Waals surface area contributed by atoms with E-state index in [9.17, 15) is 4.79 Å². The zero-order valence-electron chi connectivity index (χ0n) is 10.2. The van der Waals surface area contributed by atoms with E-state index < -0.39 is 0 Å². The molecule has 3 nitrogen and oxygen atoms in total. The first kappa shape index (κ1) is 12.7. The van der Waals surface area contributed by atoms with E-state index in [-0.39, 0.29) is 11.8 Å². The van der Waals surface area contributed by atoms with Gasteiger partial charge in [-0.15, -0.1) is 0 Å². The van der Waals surface area contributed by atoms with Gasteiger partial charge in [0.25, 0.3) is 0 Å². The van der Waals surface area contributed by atoms with Gasteiger partial charge in [0.15, 0.2) is 0 Å². The summed E-state index contributed by atoms with van der Waals surface area (Å²) in [5.41, 5.74) is 2.02. The molecule has 1 atom stereocenters. The van der Waals surface area contributed by atoms with Crippen molar-refractivity contribution in [1.29, 1.82) is 0 Å². The van der Waals surface area contributed by atoms with Gasteiger partial charge >= 0.3 is 0 Å². The highest BCUT2D eigenvalue weighted by molar-refractivity contribution is 5.92. The average Bonchev–Trinajstić information content (AvgIpc) is 2.25. The van der Waals surface area contributed by atoms with Gasteiger partial charge in [0, 0.05) is 18.2 Å². The topological polar surface area (TPSA) is 41.1 Å². The number of nitrogens with one attached hydrogen (secondary N) is 2. The molecule has 2 N–H and O–H groups in total. The number of benzene rings is 1. The standard InChI is InChI=1S/C13H20N2O/c1-4-14-9-11(3)13(16)15-12-7-5-6-10(2)8-12/h5-8,11,14H,4,9H2,1-3H3,(H,15,16). The largest absolute Gasteiger partial charge is 0.326 e. The lowest BCUT2D eigenvalue weighted by Crippen LogP contribution is -2.30. The molecule has 16 heavy (non-hydrogen) atoms. The molecule has 0 spiro atoms. The molecule has 0 bridgehead atoms. The van der Waals surface area contributed by atoms with Gasteiger partial charge in [0.1, 0.15) is 0 Å². The molecule has 1 aromatic carbocycles. The Labute approximate surface area is 97.2 Å². The second-order valence-electron chi connectivity index (χ2n) is 4.07. The van der Waals surface area contributed by atoms with Crippen LogP contribution in [0.15, 0.2) is 24.3 Å². The minimum absolute atomic E-state index is 0.0135. The summed E-state index contributed by atoms with van der Waals surface area (Å²) < 4.78 is 0. The lowest BCUT2D eigenvalue weighted by molar-refractivity contribution is -0.119. The molecule has 0 radical (unpaired) electrons. The van der Waals surface area contributed by atoms with Crippen molar-refractivity contribution < 1.29 is 4.79 Å². The monoisotopic (exact) mass is 220 g/mol. The van der Waals surface area contributed by atoms with E-state index in [1.807, 2.05) is 45.0 Å². The number of hydrogen-bond acceptors (Lipinski definition) is 2. The number of hydrogen-bond donors (Lipinski definition) is 2. The van der Waals surface area contributed by atoms with Gasteiger partial charge in [0.05, 0.1) is 0 Å². The molecule has 1 rings (SSSR count). The molecule has 0 heterocycles. The van der Waals surface area contributed by atoms with E-state index in [4.69, 9.17) is 0 Å². The summed E-state index contributed by atoms with van der Waals surface area (Å²) in [5.74, 6) is 0.0482. The first-order valence-electron chi connectivity index (χ1n) is 5.71. The predicted octanol–water partition coefficient (Wildman–Crippen LogP) is 2.18. The molecule has 0 aliphatic heterocycles. The van der Waals surface area contributed by atoms with Gasteiger partial charge < -0.3 is 10.6 Å². The van der Waals surface area contributed by atoms with Gasteiger partial charge in [-0.05, 0) is 31.2 Å². The van der Waals surface area contributed by atoms with Crippen LogP contribution < -0.4 is 10.6 Å². The van der Waals surface area contributed by atoms with Crippen LogP contribution in [0.5, 0.6) is 0 Å². The third-order valence-corrected chi connectivity index (χ3v) is 2.43. The van der Waals surface area contributed by atoms with Crippen molar-refractivity contribution in [2.45, 2.75) is 20.8 Å². The Morgan fingerprint density at radius 1 is 1.44 bits per heavy atom. The Balaban J connectivity index is 2.50. The summed E-state index contributed by atoms with van der Waals surface area (Å²) in [6.07, 6.45) is 0. The minimum Gasteiger partial charge on any atom is -0.326 e. The fourth-order valence-corrected chi connectivity index (χ4v) is 1.44. The fourth-order valence-electron chi connectivity index (χ4n) is 1.44. The number of aryl methyl sites for hydroxylation is 1. The first-order valence-corrected chi connectivity index (χ1v) is 5.71. The predicted molar refractivity (Wildman–Crippen MR) is 67.5 cm³/mol. The molecule has 0 aromatic heterocycles. The summed E-state index contributed by atoms with van der Waals surface area (Å²) in [4.78, 5) is 11.8. The van der Waals surface area contributed by atoms with E-state index in [1.165, 1.54) is 0 Å². The van der Waals surface area contributed by atoms with E-state index in [0.29, 0.717) is 6.54 Å². The zero-order valence-corrected chi connectivity index (χ0v) is 10.2. The van der Waals surface area contributed by atoms with Crippen molar-refractivity contribution in [3.63, 3.8) is 0 Å². The maximum atomic E-state index is 11.8. The average molecular weight is 220 g/mol. The van der Waals surface area contributed by atoms with Crippen molar-refractivity contribution in [1.82, 2.24) is 5.32 Å². The normalized spacial score (nSPS) is 12.2. The Kier molecular flexibility index (Phi) is 4.99. The van der Waals surface area contributed by atoms with E-state index >= 15 is 0 Å². The maximum Gasteiger partial charge on any atom is 0.228 e. The van der Waals surface area contributed by atoms with Gasteiger partial charge in [-0.25, -0.2) is 0 Å². The Morgan fingerprint density at radius 3 is 2.81 bits per heavy atom. The molecule has 1 amide bonds. The number of carbonyl (C=O) groups excluding carboxylic acids is 1. The summed E-state index contributed by atoms with van der Waals surface area (Å²) >= 11 is 0. The molecule has 0 saturated carbocycles. The van der Waals surface area contributed by atoms with Crippen LogP contribution in [0.2, 0.25) is 0 Å². The molecule has 3 heteroatoms. The molecule has 0 fully saturated rings. The van der Waals surface area contributed by atoms with E-state index in [1.54, 1.807) is 0 Å². The number of amides is 1. The van der Waals surface area contributed by atoms with Crippen molar-refractivity contribution in [3.8, 4) is 0 Å². The van der Waals surface area contributed by atoms with Crippen LogP contribution in [-0.4, -0.2) is 19.0 Å². The number of anilines is 1.